The van der Waals surface area contributed by atoms with Crippen LogP contribution in [0.1, 0.15) is 30.2 Å². The van der Waals surface area contributed by atoms with E-state index in [2.05, 4.69) is 27.1 Å². The molecule has 1 aliphatic carbocycles. The van der Waals surface area contributed by atoms with Crippen molar-refractivity contribution in [1.29, 1.82) is 0 Å². The number of aryl methyl sites for hydroxylation is 1. The van der Waals surface area contributed by atoms with Gasteiger partial charge in [-0.25, -0.2) is 0 Å². The third kappa shape index (κ3) is 3.84. The summed E-state index contributed by atoms with van der Waals surface area (Å²) in [4.78, 5) is 2.46. The number of likely N-dealkylation sites (tertiary alicyclic amines) is 1. The number of hydrogen-bond donors (Lipinski definition) is 0. The van der Waals surface area contributed by atoms with Crippen molar-refractivity contribution in [2.45, 2.75) is 37.0 Å². The van der Waals surface area contributed by atoms with E-state index in [1.165, 1.54) is 12.1 Å². The number of halogens is 3. The van der Waals surface area contributed by atoms with E-state index in [0.717, 1.165) is 59.6 Å². The molecule has 1 aliphatic heterocycles. The molecular weight excluding hydrogens is 461 g/mol. The molecule has 1 aromatic carbocycles. The van der Waals surface area contributed by atoms with Crippen molar-refractivity contribution >= 4 is 11.8 Å². The summed E-state index contributed by atoms with van der Waals surface area (Å²) in [6.07, 6.45) is -1.45. The number of hydrogen-bond acceptors (Lipinski definition) is 5. The van der Waals surface area contributed by atoms with Gasteiger partial charge in [0.2, 0.25) is 0 Å². The molecule has 182 valence electrons. The van der Waals surface area contributed by atoms with Crippen molar-refractivity contribution in [2.24, 2.45) is 25.9 Å². The van der Waals surface area contributed by atoms with Crippen LogP contribution in [-0.2, 0) is 25.7 Å². The molecule has 1 saturated carbocycles. The van der Waals surface area contributed by atoms with Gasteiger partial charge >= 0.3 is 6.18 Å². The summed E-state index contributed by atoms with van der Waals surface area (Å²) >= 11 is 1.70. The Balaban J connectivity index is 1.15. The van der Waals surface area contributed by atoms with Crippen molar-refractivity contribution in [3.63, 3.8) is 0 Å². The molecule has 3 heterocycles. The molecule has 2 fully saturated rings. The van der Waals surface area contributed by atoms with Crippen molar-refractivity contribution in [1.82, 2.24) is 29.4 Å². The van der Waals surface area contributed by atoms with Gasteiger partial charge in [0.15, 0.2) is 11.0 Å². The Morgan fingerprint density at radius 2 is 1.88 bits per heavy atom. The minimum Gasteiger partial charge on any atom is -0.305 e. The van der Waals surface area contributed by atoms with Gasteiger partial charge in [0.05, 0.1) is 17.3 Å². The lowest BCUT2D eigenvalue weighted by molar-refractivity contribution is -0.137. The second-order valence-corrected chi connectivity index (χ2v) is 10.6. The van der Waals surface area contributed by atoms with Gasteiger partial charge in [0, 0.05) is 44.0 Å². The van der Waals surface area contributed by atoms with Crippen LogP contribution in [-0.4, -0.2) is 54.8 Å². The van der Waals surface area contributed by atoms with Gasteiger partial charge in [-0.1, -0.05) is 30.8 Å². The number of aromatic nitrogens is 5. The van der Waals surface area contributed by atoms with E-state index in [4.69, 9.17) is 0 Å². The van der Waals surface area contributed by atoms with Crippen LogP contribution in [0.15, 0.2) is 35.6 Å². The van der Waals surface area contributed by atoms with E-state index < -0.39 is 11.7 Å². The topological polar surface area (TPSA) is 51.8 Å². The molecule has 0 radical (unpaired) electrons. The van der Waals surface area contributed by atoms with Crippen LogP contribution < -0.4 is 0 Å². The maximum atomic E-state index is 12.9. The van der Waals surface area contributed by atoms with Crippen LogP contribution >= 0.6 is 11.8 Å². The number of nitrogens with zero attached hydrogens (tertiary/aromatic N) is 6. The normalized spacial score (nSPS) is 24.6. The van der Waals surface area contributed by atoms with E-state index in [0.29, 0.717) is 11.8 Å². The van der Waals surface area contributed by atoms with Gasteiger partial charge in [-0.05, 0) is 49.4 Å². The Kier molecular flexibility index (Phi) is 5.79. The fraction of sp³-hybridized carbons (Fsp3) is 0.542. The zero-order valence-corrected chi connectivity index (χ0v) is 20.6. The SMILES string of the molecule is Cc1c(-c2nnc(SCCCN3C[C@@H]4[C@H](C)[C@]4(c4ccc(C(F)(F)F)cc4)C3)n2C)cnn1C. The predicted octanol–water partition coefficient (Wildman–Crippen LogP) is 4.54. The zero-order valence-electron chi connectivity index (χ0n) is 19.8. The Bertz CT molecular complexity index is 1180. The standard InChI is InChI=1S/C24H29F3N6S/c1-15-20-13-33(14-23(15,20)17-6-8-18(9-7-17)24(25,26)27)10-5-11-34-22-30-29-21(31(22)3)19-12-28-32(4)16(19)2/h6-9,12,15,20H,5,10-11,13-14H2,1-4H3/t15-,20+,23-/m0/s1. The molecule has 2 aliphatic rings. The van der Waals surface area contributed by atoms with E-state index in [1.807, 2.05) is 36.5 Å². The molecule has 0 unspecified atom stereocenters. The average molecular weight is 491 g/mol. The largest absolute Gasteiger partial charge is 0.416 e. The monoisotopic (exact) mass is 490 g/mol. The van der Waals surface area contributed by atoms with Crippen LogP contribution in [0.2, 0.25) is 0 Å². The molecule has 3 atom stereocenters. The maximum absolute atomic E-state index is 12.9. The van der Waals surface area contributed by atoms with Gasteiger partial charge in [-0.3, -0.25) is 4.68 Å². The second-order valence-electron chi connectivity index (χ2n) is 9.58. The lowest BCUT2D eigenvalue weighted by Crippen LogP contribution is -2.30. The number of benzene rings is 1. The van der Waals surface area contributed by atoms with Crippen molar-refractivity contribution in [3.05, 3.63) is 47.3 Å². The van der Waals surface area contributed by atoms with Crippen molar-refractivity contribution in [3.8, 4) is 11.4 Å². The highest BCUT2D eigenvalue weighted by molar-refractivity contribution is 7.99. The van der Waals surface area contributed by atoms with E-state index in [-0.39, 0.29) is 5.41 Å². The minimum absolute atomic E-state index is 0.0113. The highest BCUT2D eigenvalue weighted by Gasteiger charge is 2.66. The maximum Gasteiger partial charge on any atom is 0.416 e. The molecule has 1 saturated heterocycles. The van der Waals surface area contributed by atoms with E-state index in [1.54, 1.807) is 23.9 Å². The third-order valence-electron chi connectivity index (χ3n) is 7.82. The molecule has 6 nitrogen and oxygen atoms in total. The molecule has 34 heavy (non-hydrogen) atoms. The summed E-state index contributed by atoms with van der Waals surface area (Å²) in [7, 11) is 3.89. The van der Waals surface area contributed by atoms with Crippen LogP contribution in [0.5, 0.6) is 0 Å². The number of rotatable bonds is 7. The van der Waals surface area contributed by atoms with Crippen molar-refractivity contribution < 1.29 is 13.2 Å². The molecule has 3 aromatic rings. The molecule has 10 heteroatoms. The third-order valence-corrected chi connectivity index (χ3v) is 8.93. The number of alkyl halides is 3. The average Bonchev–Trinajstić information content (AvgIpc) is 3.19. The van der Waals surface area contributed by atoms with Crippen LogP contribution in [0.25, 0.3) is 11.4 Å². The van der Waals surface area contributed by atoms with Gasteiger partial charge in [0.25, 0.3) is 0 Å². The highest BCUT2D eigenvalue weighted by Crippen LogP contribution is 2.63. The Labute approximate surface area is 201 Å². The van der Waals surface area contributed by atoms with Gasteiger partial charge < -0.3 is 9.47 Å². The van der Waals surface area contributed by atoms with Crippen LogP contribution in [0.4, 0.5) is 13.2 Å². The summed E-state index contributed by atoms with van der Waals surface area (Å²) in [5, 5.41) is 13.9. The molecule has 0 amide bonds. The molecule has 0 spiro atoms. The van der Waals surface area contributed by atoms with Crippen LogP contribution in [0.3, 0.4) is 0 Å². The Morgan fingerprint density at radius 3 is 2.53 bits per heavy atom. The highest BCUT2D eigenvalue weighted by atomic mass is 32.2. The first-order valence-corrected chi connectivity index (χ1v) is 12.5. The molecule has 0 N–H and O–H groups in total. The lowest BCUT2D eigenvalue weighted by atomic mass is 9.92. The molecule has 2 aromatic heterocycles. The summed E-state index contributed by atoms with van der Waals surface area (Å²) in [6, 6.07) is 5.84. The fourth-order valence-electron chi connectivity index (χ4n) is 5.57. The van der Waals surface area contributed by atoms with E-state index >= 15 is 0 Å². The number of piperidine rings is 1. The number of fused-ring (bicyclic) bond motifs is 1. The Hall–Kier alpha value is -2.33. The van der Waals surface area contributed by atoms with Gasteiger partial charge in [-0.15, -0.1) is 10.2 Å². The van der Waals surface area contributed by atoms with Gasteiger partial charge in [0.1, 0.15) is 0 Å². The second kappa shape index (κ2) is 8.41. The summed E-state index contributed by atoms with van der Waals surface area (Å²) in [6.45, 7) is 7.16. The fourth-order valence-corrected chi connectivity index (χ4v) is 6.41. The summed E-state index contributed by atoms with van der Waals surface area (Å²) in [5.74, 6) is 2.80. The Morgan fingerprint density at radius 1 is 1.15 bits per heavy atom. The summed E-state index contributed by atoms with van der Waals surface area (Å²) in [5.41, 5.74) is 2.53. The zero-order chi connectivity index (χ0) is 24.3. The first-order valence-electron chi connectivity index (χ1n) is 11.5. The quantitative estimate of drug-likeness (QED) is 0.359. The molecule has 5 rings (SSSR count). The van der Waals surface area contributed by atoms with Crippen LogP contribution in [0, 0.1) is 18.8 Å². The molecule has 0 bridgehead atoms. The lowest BCUT2D eigenvalue weighted by Gasteiger charge is -2.23. The summed E-state index contributed by atoms with van der Waals surface area (Å²) < 4.78 is 42.7. The van der Waals surface area contributed by atoms with Gasteiger partial charge in [-0.2, -0.15) is 18.3 Å². The first kappa shape index (κ1) is 23.4. The predicted molar refractivity (Wildman–Crippen MR) is 125 cm³/mol. The molecular formula is C24H29F3N6S. The van der Waals surface area contributed by atoms with Crippen molar-refractivity contribution in [2.75, 3.05) is 25.4 Å². The smallest absolute Gasteiger partial charge is 0.305 e. The minimum atomic E-state index is -4.29. The van der Waals surface area contributed by atoms with E-state index in [9.17, 15) is 13.2 Å². The first-order chi connectivity index (χ1) is 16.1. The number of thioether (sulfide) groups is 1.